The molecule has 0 aliphatic heterocycles. The van der Waals surface area contributed by atoms with E-state index < -0.39 is 0 Å². The van der Waals surface area contributed by atoms with Crippen LogP contribution in [-0.2, 0) is 6.54 Å². The Morgan fingerprint density at radius 3 is 2.65 bits per heavy atom. The van der Waals surface area contributed by atoms with Crippen molar-refractivity contribution in [3.8, 4) is 0 Å². The fourth-order valence-electron chi connectivity index (χ4n) is 1.29. The number of nitrogens with one attached hydrogen (secondary N) is 1. The maximum Gasteiger partial charge on any atom is 0.183 e. The first kappa shape index (κ1) is 12.9. The zero-order valence-corrected chi connectivity index (χ0v) is 12.4. The Kier molecular flexibility index (Phi) is 4.12. The van der Waals surface area contributed by atoms with Gasteiger partial charge in [-0.2, -0.15) is 0 Å². The van der Waals surface area contributed by atoms with Gasteiger partial charge in [-0.05, 0) is 56.1 Å². The number of rotatable bonds is 3. The van der Waals surface area contributed by atoms with Gasteiger partial charge in [-0.15, -0.1) is 0 Å². The van der Waals surface area contributed by atoms with Crippen LogP contribution in [0.4, 0.5) is 10.1 Å². The summed E-state index contributed by atoms with van der Waals surface area (Å²) in [5, 5.41) is 3.41. The lowest BCUT2D eigenvalue weighted by atomic mass is 10.3. The highest BCUT2D eigenvalue weighted by atomic mass is 79.9. The molecule has 2 rings (SSSR count). The summed E-state index contributed by atoms with van der Waals surface area (Å²) in [5.41, 5.74) is 0.664. The molecule has 0 radical (unpaired) electrons. The molecule has 90 valence electrons. The summed E-state index contributed by atoms with van der Waals surface area (Å²) in [7, 11) is 0. The van der Waals surface area contributed by atoms with E-state index in [1.54, 1.807) is 6.07 Å². The topological polar surface area (TPSA) is 25.2 Å². The molecule has 0 saturated carbocycles. The van der Waals surface area contributed by atoms with E-state index in [1.165, 1.54) is 12.1 Å². The van der Waals surface area contributed by atoms with Crippen molar-refractivity contribution in [1.29, 1.82) is 0 Å². The van der Waals surface area contributed by atoms with Gasteiger partial charge in [0.2, 0.25) is 0 Å². The van der Waals surface area contributed by atoms with E-state index in [9.17, 15) is 4.39 Å². The minimum Gasteiger partial charge on any atom is -0.451 e. The molecule has 1 aromatic heterocycles. The molecule has 1 aromatic carbocycles. The number of halogens is 4. The Bertz CT molecular complexity index is 525. The van der Waals surface area contributed by atoms with Crippen molar-refractivity contribution < 1.29 is 8.81 Å². The first-order valence-corrected chi connectivity index (χ1v) is 6.65. The second kappa shape index (κ2) is 5.42. The average Bonchev–Trinajstić information content (AvgIpc) is 2.57. The van der Waals surface area contributed by atoms with Gasteiger partial charge in [0.25, 0.3) is 0 Å². The molecule has 0 unspecified atom stereocenters. The molecule has 0 spiro atoms. The van der Waals surface area contributed by atoms with Crippen molar-refractivity contribution in [2.24, 2.45) is 0 Å². The fourth-order valence-corrected chi connectivity index (χ4v) is 2.19. The third-order valence-electron chi connectivity index (χ3n) is 2.08. The Morgan fingerprint density at radius 2 is 2.06 bits per heavy atom. The Labute approximate surface area is 119 Å². The lowest BCUT2D eigenvalue weighted by Crippen LogP contribution is -1.98. The van der Waals surface area contributed by atoms with E-state index in [4.69, 9.17) is 16.0 Å². The number of furan rings is 1. The standard InChI is InChI=1S/C11H7Br2ClFNO/c12-8-4-7(17-11(8)13)5-16-10-2-1-6(15)3-9(10)14/h1-4,16H,5H2. The molecule has 0 saturated heterocycles. The van der Waals surface area contributed by atoms with Crippen molar-refractivity contribution in [2.75, 3.05) is 5.32 Å². The van der Waals surface area contributed by atoms with Gasteiger partial charge in [0.05, 0.1) is 21.7 Å². The fraction of sp³-hybridized carbons (Fsp3) is 0.0909. The van der Waals surface area contributed by atoms with Gasteiger partial charge in [-0.1, -0.05) is 11.6 Å². The first-order chi connectivity index (χ1) is 8.06. The van der Waals surface area contributed by atoms with Crippen LogP contribution in [0.15, 0.2) is 37.8 Å². The summed E-state index contributed by atoms with van der Waals surface area (Å²) in [6.07, 6.45) is 0. The summed E-state index contributed by atoms with van der Waals surface area (Å²) in [5.74, 6) is 0.383. The normalized spacial score (nSPS) is 10.6. The molecule has 0 aliphatic carbocycles. The minimum atomic E-state index is -0.357. The van der Waals surface area contributed by atoms with Crippen LogP contribution >= 0.6 is 43.5 Å². The van der Waals surface area contributed by atoms with Crippen LogP contribution < -0.4 is 5.32 Å². The van der Waals surface area contributed by atoms with Gasteiger partial charge in [0.1, 0.15) is 11.6 Å². The molecule has 6 heteroatoms. The monoisotopic (exact) mass is 381 g/mol. The largest absolute Gasteiger partial charge is 0.451 e. The quantitative estimate of drug-likeness (QED) is 0.787. The highest BCUT2D eigenvalue weighted by Crippen LogP contribution is 2.28. The molecule has 17 heavy (non-hydrogen) atoms. The number of hydrogen-bond donors (Lipinski definition) is 1. The highest BCUT2D eigenvalue weighted by Gasteiger charge is 2.07. The minimum absolute atomic E-state index is 0.342. The van der Waals surface area contributed by atoms with Gasteiger partial charge in [-0.25, -0.2) is 4.39 Å². The van der Waals surface area contributed by atoms with Crippen molar-refractivity contribution in [1.82, 2.24) is 0 Å². The van der Waals surface area contributed by atoms with Crippen LogP contribution in [0, 0.1) is 5.82 Å². The number of benzene rings is 1. The number of anilines is 1. The molecule has 2 aromatic rings. The smallest absolute Gasteiger partial charge is 0.183 e. The van der Waals surface area contributed by atoms with Crippen LogP contribution in [0.25, 0.3) is 0 Å². The van der Waals surface area contributed by atoms with E-state index in [1.807, 2.05) is 6.07 Å². The van der Waals surface area contributed by atoms with Crippen LogP contribution in [0.2, 0.25) is 5.02 Å². The number of hydrogen-bond acceptors (Lipinski definition) is 2. The van der Waals surface area contributed by atoms with E-state index in [2.05, 4.69) is 37.2 Å². The summed E-state index contributed by atoms with van der Waals surface area (Å²) < 4.78 is 19.7. The first-order valence-electron chi connectivity index (χ1n) is 4.69. The third-order valence-corrected chi connectivity index (χ3v) is 4.10. The summed E-state index contributed by atoms with van der Waals surface area (Å²) in [6.45, 7) is 0.468. The molecular weight excluding hydrogens is 376 g/mol. The third kappa shape index (κ3) is 3.24. The summed E-state index contributed by atoms with van der Waals surface area (Å²) in [4.78, 5) is 0. The van der Waals surface area contributed by atoms with Crippen molar-refractivity contribution in [3.63, 3.8) is 0 Å². The van der Waals surface area contributed by atoms with Crippen molar-refractivity contribution >= 4 is 49.1 Å². The maximum atomic E-state index is 12.8. The van der Waals surface area contributed by atoms with Crippen molar-refractivity contribution in [2.45, 2.75) is 6.54 Å². The summed E-state index contributed by atoms with van der Waals surface area (Å²) >= 11 is 12.5. The Balaban J connectivity index is 2.07. The second-order valence-corrected chi connectivity index (χ2v) is 5.29. The molecule has 1 N–H and O–H groups in total. The average molecular weight is 383 g/mol. The Hall–Kier alpha value is -0.520. The molecular formula is C11H7Br2ClFNO. The molecule has 0 atom stereocenters. The molecule has 0 fully saturated rings. The molecule has 0 amide bonds. The van der Waals surface area contributed by atoms with Crippen molar-refractivity contribution in [3.05, 3.63) is 50.0 Å². The molecule has 0 bridgehead atoms. The second-order valence-electron chi connectivity index (χ2n) is 3.31. The van der Waals surface area contributed by atoms with E-state index in [-0.39, 0.29) is 5.82 Å². The summed E-state index contributed by atoms with van der Waals surface area (Å²) in [6, 6.07) is 6.04. The molecule has 1 heterocycles. The highest BCUT2D eigenvalue weighted by molar-refractivity contribution is 9.13. The van der Waals surface area contributed by atoms with E-state index >= 15 is 0 Å². The Morgan fingerprint density at radius 1 is 1.29 bits per heavy atom. The van der Waals surface area contributed by atoms with Crippen LogP contribution in [0.3, 0.4) is 0 Å². The predicted octanol–water partition coefficient (Wildman–Crippen LogP) is 5.21. The predicted molar refractivity (Wildman–Crippen MR) is 72.8 cm³/mol. The van der Waals surface area contributed by atoms with E-state index in [0.717, 1.165) is 10.2 Å². The lowest BCUT2D eigenvalue weighted by Gasteiger charge is -2.06. The molecule has 2 nitrogen and oxygen atoms in total. The van der Waals surface area contributed by atoms with E-state index in [0.29, 0.717) is 21.9 Å². The zero-order valence-electron chi connectivity index (χ0n) is 8.44. The maximum absolute atomic E-state index is 12.8. The van der Waals surface area contributed by atoms with Gasteiger partial charge in [-0.3, -0.25) is 0 Å². The van der Waals surface area contributed by atoms with Gasteiger partial charge in [0, 0.05) is 0 Å². The lowest BCUT2D eigenvalue weighted by molar-refractivity contribution is 0.494. The molecule has 0 aliphatic rings. The van der Waals surface area contributed by atoms with Crippen LogP contribution in [0.5, 0.6) is 0 Å². The van der Waals surface area contributed by atoms with Gasteiger partial charge in [0.15, 0.2) is 4.67 Å². The SMILES string of the molecule is Fc1ccc(NCc2cc(Br)c(Br)o2)c(Cl)c1. The van der Waals surface area contributed by atoms with Gasteiger partial charge >= 0.3 is 0 Å². The van der Waals surface area contributed by atoms with Crippen LogP contribution in [0.1, 0.15) is 5.76 Å². The zero-order chi connectivity index (χ0) is 12.4. The van der Waals surface area contributed by atoms with Gasteiger partial charge < -0.3 is 9.73 Å². The van der Waals surface area contributed by atoms with Crippen LogP contribution in [-0.4, -0.2) is 0 Å².